The molecule has 0 saturated carbocycles. The van der Waals surface area contributed by atoms with Crippen LogP contribution < -0.4 is 10.5 Å². The van der Waals surface area contributed by atoms with Crippen LogP contribution in [-0.4, -0.2) is 21.0 Å². The first-order chi connectivity index (χ1) is 9.15. The SMILES string of the molecule is CCn1cc(Oc2cccc(SC)c2C(N)=S)cn1. The molecule has 1 heterocycles. The lowest BCUT2D eigenvalue weighted by molar-refractivity contribution is 0.479. The van der Waals surface area contributed by atoms with Crippen molar-refractivity contribution in [3.05, 3.63) is 36.2 Å². The van der Waals surface area contributed by atoms with E-state index in [0.29, 0.717) is 16.5 Å². The number of hydrogen-bond acceptors (Lipinski definition) is 4. The van der Waals surface area contributed by atoms with Crippen LogP contribution in [0.3, 0.4) is 0 Å². The Morgan fingerprint density at radius 1 is 1.53 bits per heavy atom. The van der Waals surface area contributed by atoms with Crippen LogP contribution in [0, 0.1) is 0 Å². The molecule has 0 amide bonds. The van der Waals surface area contributed by atoms with Gasteiger partial charge in [0, 0.05) is 11.4 Å². The zero-order chi connectivity index (χ0) is 13.8. The van der Waals surface area contributed by atoms with Gasteiger partial charge in [-0.25, -0.2) is 0 Å². The molecule has 0 aliphatic rings. The number of thiocarbonyl (C=S) groups is 1. The van der Waals surface area contributed by atoms with Crippen LogP contribution in [0.1, 0.15) is 12.5 Å². The van der Waals surface area contributed by atoms with E-state index in [2.05, 4.69) is 5.10 Å². The van der Waals surface area contributed by atoms with Gasteiger partial charge in [-0.1, -0.05) is 18.3 Å². The molecular formula is C13H15N3OS2. The third-order valence-corrected chi connectivity index (χ3v) is 3.60. The van der Waals surface area contributed by atoms with Gasteiger partial charge in [-0.15, -0.1) is 11.8 Å². The van der Waals surface area contributed by atoms with E-state index < -0.39 is 0 Å². The van der Waals surface area contributed by atoms with Crippen LogP contribution in [0.25, 0.3) is 0 Å². The number of hydrogen-bond donors (Lipinski definition) is 1. The normalized spacial score (nSPS) is 10.4. The largest absolute Gasteiger partial charge is 0.453 e. The molecule has 1 aromatic heterocycles. The first-order valence-corrected chi connectivity index (χ1v) is 7.46. The Morgan fingerprint density at radius 2 is 2.32 bits per heavy atom. The third kappa shape index (κ3) is 3.08. The summed E-state index contributed by atoms with van der Waals surface area (Å²) in [5, 5.41) is 4.17. The molecule has 0 spiro atoms. The molecule has 0 unspecified atom stereocenters. The zero-order valence-electron chi connectivity index (χ0n) is 10.8. The van der Waals surface area contributed by atoms with Gasteiger partial charge >= 0.3 is 0 Å². The van der Waals surface area contributed by atoms with Crippen LogP contribution in [-0.2, 0) is 6.54 Å². The van der Waals surface area contributed by atoms with Crippen molar-refractivity contribution in [1.29, 1.82) is 0 Å². The van der Waals surface area contributed by atoms with E-state index in [0.717, 1.165) is 17.0 Å². The smallest absolute Gasteiger partial charge is 0.165 e. The molecule has 0 aliphatic carbocycles. The van der Waals surface area contributed by atoms with Gasteiger partial charge in [0.2, 0.25) is 0 Å². The van der Waals surface area contributed by atoms with Crippen LogP contribution in [0.4, 0.5) is 0 Å². The molecule has 6 heteroatoms. The molecule has 2 aromatic rings. The highest BCUT2D eigenvalue weighted by Crippen LogP contribution is 2.31. The second-order valence-electron chi connectivity index (χ2n) is 3.83. The third-order valence-electron chi connectivity index (χ3n) is 2.62. The highest BCUT2D eigenvalue weighted by atomic mass is 32.2. The summed E-state index contributed by atoms with van der Waals surface area (Å²) in [6.45, 7) is 2.82. The fourth-order valence-electron chi connectivity index (χ4n) is 1.71. The predicted octanol–water partition coefficient (Wildman–Crippen LogP) is 3.05. The summed E-state index contributed by atoms with van der Waals surface area (Å²) in [5.41, 5.74) is 6.57. The number of thioether (sulfide) groups is 1. The van der Waals surface area contributed by atoms with E-state index in [1.807, 2.05) is 37.6 Å². The van der Waals surface area contributed by atoms with E-state index in [1.54, 1.807) is 22.6 Å². The summed E-state index contributed by atoms with van der Waals surface area (Å²) in [4.78, 5) is 1.34. The number of nitrogens with zero attached hydrogens (tertiary/aromatic N) is 2. The molecule has 0 saturated heterocycles. The number of nitrogens with two attached hydrogens (primary N) is 1. The predicted molar refractivity (Wildman–Crippen MR) is 82.1 cm³/mol. The minimum absolute atomic E-state index is 0.336. The molecule has 19 heavy (non-hydrogen) atoms. The van der Waals surface area contributed by atoms with Crippen LogP contribution in [0.15, 0.2) is 35.5 Å². The van der Waals surface area contributed by atoms with Crippen molar-refractivity contribution < 1.29 is 4.74 Å². The molecule has 4 nitrogen and oxygen atoms in total. The Bertz CT molecular complexity index is 595. The summed E-state index contributed by atoms with van der Waals surface area (Å²) < 4.78 is 7.63. The van der Waals surface area contributed by atoms with E-state index in [4.69, 9.17) is 22.7 Å². The second kappa shape index (κ2) is 6.08. The first kappa shape index (κ1) is 13.9. The van der Waals surface area contributed by atoms with E-state index in [-0.39, 0.29) is 0 Å². The van der Waals surface area contributed by atoms with Gasteiger partial charge in [0.1, 0.15) is 10.7 Å². The Morgan fingerprint density at radius 3 is 2.89 bits per heavy atom. The molecule has 0 radical (unpaired) electrons. The molecule has 2 rings (SSSR count). The fraction of sp³-hybridized carbons (Fsp3) is 0.231. The number of aromatic nitrogens is 2. The molecule has 1 aromatic carbocycles. The lowest BCUT2D eigenvalue weighted by atomic mass is 10.2. The van der Waals surface area contributed by atoms with Crippen molar-refractivity contribution >= 4 is 29.0 Å². The number of aryl methyl sites for hydroxylation is 1. The highest BCUT2D eigenvalue weighted by Gasteiger charge is 2.13. The highest BCUT2D eigenvalue weighted by molar-refractivity contribution is 7.98. The zero-order valence-corrected chi connectivity index (χ0v) is 12.4. The van der Waals surface area contributed by atoms with Crippen molar-refractivity contribution in [1.82, 2.24) is 9.78 Å². The Labute approximate surface area is 121 Å². The maximum atomic E-state index is 5.83. The Kier molecular flexibility index (Phi) is 4.44. The number of rotatable bonds is 5. The average Bonchev–Trinajstić information content (AvgIpc) is 2.85. The van der Waals surface area contributed by atoms with Crippen LogP contribution in [0.2, 0.25) is 0 Å². The summed E-state index contributed by atoms with van der Waals surface area (Å²) in [5.74, 6) is 1.34. The molecule has 0 bridgehead atoms. The van der Waals surface area contributed by atoms with Crippen LogP contribution >= 0.6 is 24.0 Å². The first-order valence-electron chi connectivity index (χ1n) is 5.82. The minimum Gasteiger partial charge on any atom is -0.453 e. The Hall–Kier alpha value is -1.53. The Balaban J connectivity index is 2.36. The molecular weight excluding hydrogens is 278 g/mol. The van der Waals surface area contributed by atoms with Gasteiger partial charge in [-0.05, 0) is 25.3 Å². The summed E-state index contributed by atoms with van der Waals surface area (Å²) >= 11 is 6.70. The van der Waals surface area contributed by atoms with Crippen molar-refractivity contribution in [3.63, 3.8) is 0 Å². The summed E-state index contributed by atoms with van der Waals surface area (Å²) in [7, 11) is 0. The monoisotopic (exact) mass is 293 g/mol. The van der Waals surface area contributed by atoms with E-state index >= 15 is 0 Å². The lowest BCUT2D eigenvalue weighted by Gasteiger charge is -2.12. The van der Waals surface area contributed by atoms with Gasteiger partial charge in [0.25, 0.3) is 0 Å². The maximum Gasteiger partial charge on any atom is 0.165 e. The summed E-state index contributed by atoms with van der Waals surface area (Å²) in [6, 6.07) is 5.76. The van der Waals surface area contributed by atoms with Crippen molar-refractivity contribution in [2.45, 2.75) is 18.4 Å². The average molecular weight is 293 g/mol. The van der Waals surface area contributed by atoms with Crippen molar-refractivity contribution in [2.24, 2.45) is 5.73 Å². The maximum absolute atomic E-state index is 5.83. The quantitative estimate of drug-likeness (QED) is 0.678. The molecule has 0 atom stereocenters. The van der Waals surface area contributed by atoms with Gasteiger partial charge in [0.15, 0.2) is 5.75 Å². The van der Waals surface area contributed by atoms with Crippen molar-refractivity contribution in [3.8, 4) is 11.5 Å². The molecule has 100 valence electrons. The fourth-order valence-corrected chi connectivity index (χ4v) is 2.61. The van der Waals surface area contributed by atoms with Gasteiger partial charge in [-0.3, -0.25) is 4.68 Å². The number of ether oxygens (including phenoxy) is 1. The molecule has 2 N–H and O–H groups in total. The van der Waals surface area contributed by atoms with Gasteiger partial charge in [0.05, 0.1) is 18.0 Å². The second-order valence-corrected chi connectivity index (χ2v) is 5.12. The summed E-state index contributed by atoms with van der Waals surface area (Å²) in [6.07, 6.45) is 5.50. The van der Waals surface area contributed by atoms with Crippen LogP contribution in [0.5, 0.6) is 11.5 Å². The van der Waals surface area contributed by atoms with Crippen molar-refractivity contribution in [2.75, 3.05) is 6.26 Å². The van der Waals surface area contributed by atoms with Gasteiger partial charge in [-0.2, -0.15) is 5.10 Å². The molecule has 0 aliphatic heterocycles. The number of benzene rings is 1. The lowest BCUT2D eigenvalue weighted by Crippen LogP contribution is -2.12. The standard InChI is InChI=1S/C13H15N3OS2/c1-3-16-8-9(7-15-16)17-10-5-4-6-11(19-2)12(10)13(14)18/h4-8H,3H2,1-2H3,(H2,14,18). The topological polar surface area (TPSA) is 53.1 Å². The van der Waals surface area contributed by atoms with Gasteiger partial charge < -0.3 is 10.5 Å². The molecule has 0 fully saturated rings. The minimum atomic E-state index is 0.336. The van der Waals surface area contributed by atoms with E-state index in [9.17, 15) is 0 Å². The van der Waals surface area contributed by atoms with E-state index in [1.165, 1.54) is 0 Å².